The van der Waals surface area contributed by atoms with Crippen LogP contribution >= 0.6 is 0 Å². The van der Waals surface area contributed by atoms with Crippen molar-refractivity contribution in [2.45, 2.75) is 84.2 Å². The van der Waals surface area contributed by atoms with Crippen molar-refractivity contribution in [1.29, 1.82) is 0 Å². The van der Waals surface area contributed by atoms with Gasteiger partial charge in [-0.15, -0.1) is 0 Å². The van der Waals surface area contributed by atoms with E-state index in [1.165, 1.54) is 50.8 Å². The highest BCUT2D eigenvalue weighted by molar-refractivity contribution is 5.86. The lowest BCUT2D eigenvalue weighted by Crippen LogP contribution is -2.36. The van der Waals surface area contributed by atoms with E-state index in [1.807, 2.05) is 79.4 Å². The van der Waals surface area contributed by atoms with Crippen LogP contribution in [0.4, 0.5) is 0 Å². The summed E-state index contributed by atoms with van der Waals surface area (Å²) in [6.07, 6.45) is 10.7. The number of pyridine rings is 4. The van der Waals surface area contributed by atoms with E-state index in [9.17, 15) is 5.11 Å². The zero-order valence-corrected chi connectivity index (χ0v) is 46.9. The Labute approximate surface area is 474 Å². The van der Waals surface area contributed by atoms with Crippen LogP contribution in [0.25, 0.3) is 10.9 Å². The van der Waals surface area contributed by atoms with Gasteiger partial charge >= 0.3 is 0 Å². The van der Waals surface area contributed by atoms with Gasteiger partial charge in [0, 0.05) is 165 Å². The lowest BCUT2D eigenvalue weighted by Gasteiger charge is -2.27. The van der Waals surface area contributed by atoms with Gasteiger partial charge in [-0.1, -0.05) is 72.8 Å². The third kappa shape index (κ3) is 18.7. The first kappa shape index (κ1) is 57.9. The number of aliphatic hydroxyl groups is 1. The molecule has 0 bridgehead atoms. The monoisotopic (exact) mass is 1080 g/mol. The molecule has 6 N–H and O–H groups in total. The Morgan fingerprint density at radius 2 is 1.02 bits per heavy atom. The number of aromatic amines is 1. The highest BCUT2D eigenvalue weighted by Gasteiger charge is 2.24. The minimum Gasteiger partial charge on any atom is -0.497 e. The van der Waals surface area contributed by atoms with E-state index in [2.05, 4.69) is 151 Å². The van der Waals surface area contributed by atoms with Gasteiger partial charge in [-0.25, -0.2) is 0 Å². The van der Waals surface area contributed by atoms with Crippen LogP contribution in [0.2, 0.25) is 0 Å². The summed E-state index contributed by atoms with van der Waals surface area (Å²) in [5, 5.41) is 25.1. The van der Waals surface area contributed by atoms with Crippen LogP contribution in [0.1, 0.15) is 69.1 Å². The quantitative estimate of drug-likeness (QED) is 0.0243. The maximum Gasteiger partial charge on any atom is 0.119 e. The van der Waals surface area contributed by atoms with Crippen LogP contribution in [0, 0.1) is 0 Å². The molecule has 1 saturated heterocycles. The van der Waals surface area contributed by atoms with E-state index >= 15 is 0 Å². The molecule has 15 nitrogen and oxygen atoms in total. The molecule has 2 aliphatic rings. The second-order valence-electron chi connectivity index (χ2n) is 21.1. The largest absolute Gasteiger partial charge is 0.497 e. The molecule has 0 radical (unpaired) electrons. The Kier molecular flexibility index (Phi) is 23.1. The molecule has 1 fully saturated rings. The first-order valence-corrected chi connectivity index (χ1v) is 28.8. The number of fused-ring (bicyclic) bond motifs is 3. The van der Waals surface area contributed by atoms with Crippen LogP contribution in [0.15, 0.2) is 164 Å². The van der Waals surface area contributed by atoms with Crippen molar-refractivity contribution in [1.82, 2.24) is 65.8 Å². The molecular weight excluding hydrogens is 995 g/mol. The van der Waals surface area contributed by atoms with Crippen LogP contribution in [-0.2, 0) is 65.3 Å². The van der Waals surface area contributed by atoms with Gasteiger partial charge in [-0.05, 0) is 120 Å². The number of methoxy groups -OCH3 is 1. The lowest BCUT2D eigenvalue weighted by atomic mass is 10.0. The minimum absolute atomic E-state index is 0.260. The van der Waals surface area contributed by atoms with Crippen molar-refractivity contribution >= 4 is 10.9 Å². The number of nitrogens with one attached hydrogen (secondary N) is 5. The molecule has 7 heterocycles. The Morgan fingerprint density at radius 3 is 1.46 bits per heavy atom. The number of hydrogen-bond donors (Lipinski definition) is 6. The molecule has 2 aliphatic heterocycles. The smallest absolute Gasteiger partial charge is 0.119 e. The lowest BCUT2D eigenvalue weighted by molar-refractivity contribution is 0.153. The van der Waals surface area contributed by atoms with E-state index in [0.717, 1.165) is 166 Å². The number of H-pyrrole nitrogens is 1. The summed E-state index contributed by atoms with van der Waals surface area (Å²) < 4.78 is 5.46. The summed E-state index contributed by atoms with van der Waals surface area (Å²) in [6.45, 7) is 17.7. The molecule has 0 spiro atoms. The van der Waals surface area contributed by atoms with Gasteiger partial charge in [0.2, 0.25) is 0 Å². The molecule has 0 aliphatic carbocycles. The number of likely N-dealkylation sites (tertiary alicyclic amines) is 1. The molecule has 3 aromatic carbocycles. The first-order valence-electron chi connectivity index (χ1n) is 28.8. The maximum atomic E-state index is 9.60. The van der Waals surface area contributed by atoms with Gasteiger partial charge in [0.1, 0.15) is 5.75 Å². The summed E-state index contributed by atoms with van der Waals surface area (Å²) in [5.41, 5.74) is 13.6. The normalized spacial score (nSPS) is 14.6. The van der Waals surface area contributed by atoms with Crippen molar-refractivity contribution in [2.75, 3.05) is 79.2 Å². The number of hydrogen-bond acceptors (Lipinski definition) is 14. The number of aromatic nitrogens is 5. The first-order chi connectivity index (χ1) is 39.5. The second-order valence-corrected chi connectivity index (χ2v) is 21.1. The molecule has 1 atom stereocenters. The number of benzene rings is 3. The van der Waals surface area contributed by atoms with Gasteiger partial charge in [0.05, 0.1) is 36.5 Å². The minimum atomic E-state index is 0.260. The van der Waals surface area contributed by atoms with Gasteiger partial charge in [-0.3, -0.25) is 39.5 Å². The Balaban J connectivity index is 0.000000198. The molecular formula is C65H83N13O2. The molecule has 80 heavy (non-hydrogen) atoms. The standard InChI is InChI=1S/C36H43N7O.C29H40N6O/c1-44-32-12-13-35-34(22-32)33-14-19-43(27-36(33)41-35)26-29-10-8-28(9-11-29)25-42(20-17-37-23-30-6-2-4-15-39-30)21-18-38-24-31-7-3-5-16-40-31;36-24-29-8-5-17-35(29)23-26-11-9-25(10-12-26)22-34(18-15-30-20-27-6-1-3-13-32-27)19-16-31-21-28-7-2-4-14-33-28/h2-13,15-16,22,37-38,41H,14,17-21,23-27H2,1H3;1-4,6-7,9-14,29-31,36H,5,8,15-24H2/t;29-/m.0/s1. The zero-order chi connectivity index (χ0) is 54.8. The average Bonchev–Trinajstić information content (AvgIpc) is 4.15. The highest BCUT2D eigenvalue weighted by Crippen LogP contribution is 2.31. The molecule has 0 unspecified atom stereocenters. The summed E-state index contributed by atoms with van der Waals surface area (Å²) in [5.74, 6) is 0.918. The number of nitrogens with zero attached hydrogens (tertiary/aromatic N) is 8. The summed E-state index contributed by atoms with van der Waals surface area (Å²) >= 11 is 0. The zero-order valence-electron chi connectivity index (χ0n) is 46.9. The van der Waals surface area contributed by atoms with Gasteiger partial charge in [-0.2, -0.15) is 0 Å². The van der Waals surface area contributed by atoms with E-state index in [1.54, 1.807) is 7.11 Å². The maximum absolute atomic E-state index is 9.60. The van der Waals surface area contributed by atoms with Gasteiger partial charge in [0.25, 0.3) is 0 Å². The van der Waals surface area contributed by atoms with Crippen molar-refractivity contribution in [3.05, 3.63) is 221 Å². The van der Waals surface area contributed by atoms with Crippen LogP contribution in [0.5, 0.6) is 5.75 Å². The third-order valence-corrected chi connectivity index (χ3v) is 15.2. The van der Waals surface area contributed by atoms with Crippen LogP contribution in [-0.4, -0.2) is 135 Å². The van der Waals surface area contributed by atoms with E-state index in [4.69, 9.17) is 4.74 Å². The fourth-order valence-electron chi connectivity index (χ4n) is 10.7. The third-order valence-electron chi connectivity index (χ3n) is 15.2. The highest BCUT2D eigenvalue weighted by atomic mass is 16.5. The number of ether oxygens (including phenoxy) is 1. The molecule has 420 valence electrons. The van der Waals surface area contributed by atoms with Gasteiger partial charge in [0.15, 0.2) is 0 Å². The van der Waals surface area contributed by atoms with E-state index < -0.39 is 0 Å². The molecule has 15 heteroatoms. The van der Waals surface area contributed by atoms with Crippen molar-refractivity contribution in [3.63, 3.8) is 0 Å². The Bertz CT molecular complexity index is 2880. The van der Waals surface area contributed by atoms with E-state index in [-0.39, 0.29) is 6.61 Å². The van der Waals surface area contributed by atoms with Crippen LogP contribution < -0.4 is 26.0 Å². The van der Waals surface area contributed by atoms with Gasteiger partial charge < -0.3 is 36.1 Å². The average molecular weight is 1080 g/mol. The summed E-state index contributed by atoms with van der Waals surface area (Å²) in [4.78, 5) is 31.3. The van der Waals surface area contributed by atoms with Crippen molar-refractivity contribution in [3.8, 4) is 5.75 Å². The molecule has 8 aromatic rings. The molecule has 5 aromatic heterocycles. The fraction of sp³-hybridized carbons (Fsp3) is 0.385. The fourth-order valence-corrected chi connectivity index (χ4v) is 10.7. The second kappa shape index (κ2) is 31.9. The summed E-state index contributed by atoms with van der Waals surface area (Å²) in [7, 11) is 1.73. The predicted molar refractivity (Wildman–Crippen MR) is 320 cm³/mol. The molecule has 0 amide bonds. The number of aliphatic hydroxyl groups excluding tert-OH is 1. The molecule has 0 saturated carbocycles. The van der Waals surface area contributed by atoms with Crippen LogP contribution in [0.3, 0.4) is 0 Å². The SMILES string of the molecule is COc1ccc2[nH]c3c(c2c1)CCN(Cc1ccc(CN(CCNCc2ccccn2)CCNCc2ccccn2)cc1)C3.OC[C@@H]1CCCN1Cc1ccc(CN(CCNCc2ccccn2)CCNCc2ccccn2)cc1. The number of rotatable bonds is 30. The van der Waals surface area contributed by atoms with Crippen molar-refractivity contribution < 1.29 is 9.84 Å². The predicted octanol–water partition coefficient (Wildman–Crippen LogP) is 7.72. The van der Waals surface area contributed by atoms with Crippen molar-refractivity contribution in [2.24, 2.45) is 0 Å². The Morgan fingerprint density at radius 1 is 0.562 bits per heavy atom. The molecule has 10 rings (SSSR count). The summed E-state index contributed by atoms with van der Waals surface area (Å²) in [6, 6.07) is 49.0. The topological polar surface area (TPSA) is 158 Å². The van der Waals surface area contributed by atoms with E-state index in [0.29, 0.717) is 6.04 Å². The Hall–Kier alpha value is -6.76.